The van der Waals surface area contributed by atoms with Gasteiger partial charge in [0, 0.05) is 13.2 Å². The van der Waals surface area contributed by atoms with E-state index in [1.807, 2.05) is 43.3 Å². The second kappa shape index (κ2) is 9.23. The molecule has 2 aromatic heterocycles. The lowest BCUT2D eigenvalue weighted by molar-refractivity contribution is -0.121. The lowest BCUT2D eigenvalue weighted by atomic mass is 10.1. The fourth-order valence-electron chi connectivity index (χ4n) is 2.80. The third kappa shape index (κ3) is 4.55. The SMILES string of the molecule is CCC(C[S+]([O-])c1ccccc1)C(=O)N(C)c1cn(-c2cccnc2)nc1Cl. The van der Waals surface area contributed by atoms with Gasteiger partial charge in [-0.05, 0) is 41.9 Å². The molecule has 2 unspecified atom stereocenters. The number of anilines is 1. The molecule has 6 nitrogen and oxygen atoms in total. The van der Waals surface area contributed by atoms with E-state index < -0.39 is 11.2 Å². The first kappa shape index (κ1) is 20.4. The number of aromatic nitrogens is 3. The molecule has 0 radical (unpaired) electrons. The largest absolute Gasteiger partial charge is 0.611 e. The van der Waals surface area contributed by atoms with Gasteiger partial charge in [0.1, 0.15) is 11.4 Å². The van der Waals surface area contributed by atoms with Crippen LogP contribution in [0.5, 0.6) is 0 Å². The standard InChI is InChI=1S/C20H21ClN4O2S/c1-3-15(14-28(27)17-9-5-4-6-10-17)20(26)24(2)18-13-25(23-19(18)21)16-8-7-11-22-12-16/h4-13,15H,3,14H2,1-2H3. The third-order valence-corrected chi connectivity index (χ3v) is 6.23. The van der Waals surface area contributed by atoms with Crippen LogP contribution in [0.3, 0.4) is 0 Å². The Morgan fingerprint density at radius 3 is 2.68 bits per heavy atom. The van der Waals surface area contributed by atoms with Gasteiger partial charge in [0.05, 0.1) is 24.0 Å². The monoisotopic (exact) mass is 416 g/mol. The van der Waals surface area contributed by atoms with E-state index in [1.165, 1.54) is 4.90 Å². The maximum atomic E-state index is 13.0. The highest BCUT2D eigenvalue weighted by molar-refractivity contribution is 7.91. The summed E-state index contributed by atoms with van der Waals surface area (Å²) in [6, 6.07) is 12.8. The van der Waals surface area contributed by atoms with E-state index >= 15 is 0 Å². The van der Waals surface area contributed by atoms with E-state index in [2.05, 4.69) is 10.1 Å². The van der Waals surface area contributed by atoms with E-state index in [-0.39, 0.29) is 22.7 Å². The molecule has 1 amide bonds. The Balaban J connectivity index is 1.76. The Kier molecular flexibility index (Phi) is 6.72. The van der Waals surface area contributed by atoms with Crippen LogP contribution in [0, 0.1) is 5.92 Å². The predicted molar refractivity (Wildman–Crippen MR) is 111 cm³/mol. The van der Waals surface area contributed by atoms with Crippen molar-refractivity contribution in [2.45, 2.75) is 18.2 Å². The van der Waals surface area contributed by atoms with Gasteiger partial charge in [0.2, 0.25) is 5.91 Å². The molecule has 0 bridgehead atoms. The van der Waals surface area contributed by atoms with Crippen molar-refractivity contribution in [1.82, 2.24) is 14.8 Å². The molecule has 0 saturated carbocycles. The number of pyridine rings is 1. The number of hydrogen-bond acceptors (Lipinski definition) is 4. The molecular formula is C20H21ClN4O2S. The summed E-state index contributed by atoms with van der Waals surface area (Å²) in [5.74, 6) is -0.263. The van der Waals surface area contributed by atoms with Crippen molar-refractivity contribution in [3.8, 4) is 5.69 Å². The summed E-state index contributed by atoms with van der Waals surface area (Å²) in [4.78, 5) is 19.3. The van der Waals surface area contributed by atoms with Crippen LogP contribution in [0.2, 0.25) is 5.15 Å². The summed E-state index contributed by atoms with van der Waals surface area (Å²) in [5.41, 5.74) is 1.24. The number of carbonyl (C=O) groups is 1. The molecule has 146 valence electrons. The number of hydrogen-bond donors (Lipinski definition) is 0. The molecule has 0 N–H and O–H groups in total. The molecule has 1 aromatic carbocycles. The Morgan fingerprint density at radius 2 is 2.04 bits per heavy atom. The van der Waals surface area contributed by atoms with E-state index in [4.69, 9.17) is 11.6 Å². The van der Waals surface area contributed by atoms with Gasteiger partial charge in [-0.1, -0.05) is 36.7 Å². The average molecular weight is 417 g/mol. The average Bonchev–Trinajstić information content (AvgIpc) is 3.13. The number of halogens is 1. The van der Waals surface area contributed by atoms with E-state index in [1.54, 1.807) is 36.4 Å². The van der Waals surface area contributed by atoms with Crippen molar-refractivity contribution >= 4 is 34.4 Å². The van der Waals surface area contributed by atoms with Crippen molar-refractivity contribution < 1.29 is 9.35 Å². The lowest BCUT2D eigenvalue weighted by Gasteiger charge is -2.23. The summed E-state index contributed by atoms with van der Waals surface area (Å²) >= 11 is 5.03. The summed E-state index contributed by atoms with van der Waals surface area (Å²) < 4.78 is 14.2. The van der Waals surface area contributed by atoms with Gasteiger partial charge in [-0.2, -0.15) is 5.10 Å². The lowest BCUT2D eigenvalue weighted by Crippen LogP contribution is -2.36. The quantitative estimate of drug-likeness (QED) is 0.550. The topological polar surface area (TPSA) is 74.1 Å². The highest BCUT2D eigenvalue weighted by Crippen LogP contribution is 2.27. The molecule has 0 aliphatic heterocycles. The molecule has 3 rings (SSSR count). The highest BCUT2D eigenvalue weighted by Gasteiger charge is 2.29. The number of amides is 1. The fourth-order valence-corrected chi connectivity index (χ4v) is 4.45. The third-order valence-electron chi connectivity index (χ3n) is 4.45. The van der Waals surface area contributed by atoms with Crippen LogP contribution in [0.25, 0.3) is 5.69 Å². The zero-order valence-electron chi connectivity index (χ0n) is 15.7. The molecule has 2 heterocycles. The maximum absolute atomic E-state index is 13.0. The minimum absolute atomic E-state index is 0.139. The van der Waals surface area contributed by atoms with Crippen molar-refractivity contribution in [1.29, 1.82) is 0 Å². The molecule has 0 fully saturated rings. The van der Waals surface area contributed by atoms with Gasteiger partial charge in [-0.3, -0.25) is 9.78 Å². The molecule has 0 aliphatic rings. The van der Waals surface area contributed by atoms with Gasteiger partial charge in [-0.25, -0.2) is 4.68 Å². The van der Waals surface area contributed by atoms with Gasteiger partial charge >= 0.3 is 0 Å². The van der Waals surface area contributed by atoms with E-state index in [0.717, 1.165) is 10.6 Å². The number of carbonyl (C=O) groups excluding carboxylic acids is 1. The Morgan fingerprint density at radius 1 is 1.29 bits per heavy atom. The van der Waals surface area contributed by atoms with Crippen molar-refractivity contribution in [3.05, 3.63) is 66.2 Å². The summed E-state index contributed by atoms with van der Waals surface area (Å²) in [7, 11) is 1.66. The van der Waals surface area contributed by atoms with E-state index in [0.29, 0.717) is 12.1 Å². The number of benzene rings is 1. The normalized spacial score (nSPS) is 13.1. The van der Waals surface area contributed by atoms with Crippen LogP contribution in [0.15, 0.2) is 66.0 Å². The summed E-state index contributed by atoms with van der Waals surface area (Å²) in [5, 5.41) is 4.49. The second-order valence-corrected chi connectivity index (χ2v) is 8.14. The minimum atomic E-state index is -1.25. The maximum Gasteiger partial charge on any atom is 0.234 e. The number of rotatable bonds is 7. The summed E-state index contributed by atoms with van der Waals surface area (Å²) in [6.07, 6.45) is 5.60. The van der Waals surface area contributed by atoms with Crippen molar-refractivity contribution in [2.24, 2.45) is 5.92 Å². The summed E-state index contributed by atoms with van der Waals surface area (Å²) in [6.45, 7) is 1.92. The molecule has 0 spiro atoms. The molecule has 0 saturated heterocycles. The van der Waals surface area contributed by atoms with Crippen LogP contribution >= 0.6 is 11.6 Å². The van der Waals surface area contributed by atoms with E-state index in [9.17, 15) is 9.35 Å². The highest BCUT2D eigenvalue weighted by atomic mass is 35.5. The van der Waals surface area contributed by atoms with Gasteiger partial charge < -0.3 is 9.45 Å². The van der Waals surface area contributed by atoms with Crippen LogP contribution in [-0.4, -0.2) is 38.0 Å². The smallest absolute Gasteiger partial charge is 0.234 e. The minimum Gasteiger partial charge on any atom is -0.611 e. The van der Waals surface area contributed by atoms with Crippen LogP contribution in [0.4, 0.5) is 5.69 Å². The Bertz CT molecular complexity index is 920. The molecule has 28 heavy (non-hydrogen) atoms. The van der Waals surface area contributed by atoms with Gasteiger partial charge in [0.25, 0.3) is 0 Å². The first-order chi connectivity index (χ1) is 13.5. The second-order valence-electron chi connectivity index (χ2n) is 6.29. The first-order valence-corrected chi connectivity index (χ1v) is 10.6. The van der Waals surface area contributed by atoms with Crippen LogP contribution in [-0.2, 0) is 16.0 Å². The van der Waals surface area contributed by atoms with Crippen molar-refractivity contribution in [3.63, 3.8) is 0 Å². The van der Waals surface area contributed by atoms with Gasteiger partial charge in [-0.15, -0.1) is 0 Å². The Labute approximate surface area is 172 Å². The first-order valence-electron chi connectivity index (χ1n) is 8.87. The van der Waals surface area contributed by atoms with Crippen molar-refractivity contribution in [2.75, 3.05) is 17.7 Å². The van der Waals surface area contributed by atoms with Crippen LogP contribution < -0.4 is 4.90 Å². The number of nitrogens with zero attached hydrogens (tertiary/aromatic N) is 4. The predicted octanol–water partition coefficient (Wildman–Crippen LogP) is 3.72. The fraction of sp³-hybridized carbons (Fsp3) is 0.250. The molecule has 8 heteroatoms. The molecular weight excluding hydrogens is 396 g/mol. The van der Waals surface area contributed by atoms with Gasteiger partial charge in [0.15, 0.2) is 10.0 Å². The molecule has 2 atom stereocenters. The van der Waals surface area contributed by atoms with Crippen LogP contribution in [0.1, 0.15) is 13.3 Å². The zero-order chi connectivity index (χ0) is 20.1. The molecule has 3 aromatic rings. The molecule has 0 aliphatic carbocycles. The zero-order valence-corrected chi connectivity index (χ0v) is 17.2. The Hall–Kier alpha value is -2.35.